The molecule has 2 aromatic carbocycles. The zero-order valence-electron chi connectivity index (χ0n) is 15.7. The first-order valence-corrected chi connectivity index (χ1v) is 9.68. The zero-order valence-corrected chi connectivity index (χ0v) is 16.5. The van der Waals surface area contributed by atoms with Gasteiger partial charge in [0.05, 0.1) is 14.2 Å². The summed E-state index contributed by atoms with van der Waals surface area (Å²) in [4.78, 5) is 0.701. The number of nitrogens with zero attached hydrogens (tertiary/aromatic N) is 4. The van der Waals surface area contributed by atoms with E-state index in [2.05, 4.69) is 15.3 Å². The third-order valence-corrected chi connectivity index (χ3v) is 5.34. The van der Waals surface area contributed by atoms with Crippen LogP contribution in [0.5, 0.6) is 11.5 Å². The van der Waals surface area contributed by atoms with E-state index in [9.17, 15) is 0 Å². The first-order chi connectivity index (χ1) is 14.2. The minimum Gasteiger partial charge on any atom is -0.493 e. The highest BCUT2D eigenvalue weighted by molar-refractivity contribution is 7.17. The number of hydrogen-bond acceptors (Lipinski definition) is 7. The van der Waals surface area contributed by atoms with Gasteiger partial charge in [-0.15, -0.1) is 10.2 Å². The summed E-state index contributed by atoms with van der Waals surface area (Å²) in [6, 6.07) is 15.5. The fourth-order valence-corrected chi connectivity index (χ4v) is 3.81. The van der Waals surface area contributed by atoms with Crippen molar-refractivity contribution >= 4 is 39.4 Å². The van der Waals surface area contributed by atoms with Crippen molar-refractivity contribution in [2.75, 3.05) is 14.2 Å². The Labute approximate surface area is 169 Å². The first kappa shape index (κ1) is 17.4. The van der Waals surface area contributed by atoms with Crippen LogP contribution >= 0.6 is 11.3 Å². The van der Waals surface area contributed by atoms with Crippen molar-refractivity contribution in [3.05, 3.63) is 59.1 Å². The van der Waals surface area contributed by atoms with E-state index in [0.29, 0.717) is 28.0 Å². The minimum absolute atomic E-state index is 0.582. The summed E-state index contributed by atoms with van der Waals surface area (Å²) in [5.74, 6) is 2.59. The zero-order chi connectivity index (χ0) is 19.8. The third kappa shape index (κ3) is 3.13. The summed E-state index contributed by atoms with van der Waals surface area (Å²) in [6.45, 7) is 0. The lowest BCUT2D eigenvalue weighted by Crippen LogP contribution is -1.90. The summed E-state index contributed by atoms with van der Waals surface area (Å²) in [7, 11) is 3.24. The van der Waals surface area contributed by atoms with Crippen molar-refractivity contribution < 1.29 is 13.9 Å². The summed E-state index contributed by atoms with van der Waals surface area (Å²) >= 11 is 1.45. The number of rotatable bonds is 5. The minimum atomic E-state index is 0.582. The van der Waals surface area contributed by atoms with E-state index in [4.69, 9.17) is 13.9 Å². The number of para-hydroxylation sites is 1. The lowest BCUT2D eigenvalue weighted by atomic mass is 10.2. The van der Waals surface area contributed by atoms with Crippen LogP contribution in [0.15, 0.2) is 52.9 Å². The molecule has 3 aromatic heterocycles. The Bertz CT molecular complexity index is 1320. The molecule has 0 saturated carbocycles. The fraction of sp³-hybridized carbons (Fsp3) is 0.0952. The molecule has 0 radical (unpaired) electrons. The van der Waals surface area contributed by atoms with Gasteiger partial charge < -0.3 is 13.9 Å². The van der Waals surface area contributed by atoms with Crippen molar-refractivity contribution in [3.63, 3.8) is 0 Å². The van der Waals surface area contributed by atoms with Crippen molar-refractivity contribution in [1.29, 1.82) is 0 Å². The number of fused-ring (bicyclic) bond motifs is 2. The molecule has 29 heavy (non-hydrogen) atoms. The Morgan fingerprint density at radius 1 is 0.966 bits per heavy atom. The molecule has 0 aliphatic carbocycles. The van der Waals surface area contributed by atoms with Gasteiger partial charge >= 0.3 is 0 Å². The van der Waals surface area contributed by atoms with Crippen LogP contribution in [0.1, 0.15) is 10.6 Å². The van der Waals surface area contributed by atoms with E-state index in [1.165, 1.54) is 11.3 Å². The highest BCUT2D eigenvalue weighted by Crippen LogP contribution is 2.30. The van der Waals surface area contributed by atoms with Crippen LogP contribution in [-0.2, 0) is 0 Å². The number of aromatic nitrogens is 4. The van der Waals surface area contributed by atoms with Crippen LogP contribution < -0.4 is 9.47 Å². The first-order valence-electron chi connectivity index (χ1n) is 8.86. The molecule has 5 rings (SSSR count). The van der Waals surface area contributed by atoms with E-state index in [1.807, 2.05) is 60.7 Å². The van der Waals surface area contributed by atoms with Gasteiger partial charge in [-0.2, -0.15) is 9.61 Å². The molecule has 8 heteroatoms. The number of benzene rings is 2. The molecule has 0 bridgehead atoms. The van der Waals surface area contributed by atoms with E-state index in [0.717, 1.165) is 21.5 Å². The molecular weight excluding hydrogens is 388 g/mol. The quantitative estimate of drug-likeness (QED) is 0.419. The maximum atomic E-state index is 5.90. The number of hydrogen-bond donors (Lipinski definition) is 0. The predicted octanol–water partition coefficient (Wildman–Crippen LogP) is 4.79. The second kappa shape index (κ2) is 7.06. The number of methoxy groups -OCH3 is 2. The van der Waals surface area contributed by atoms with Crippen molar-refractivity contribution in [3.8, 4) is 23.1 Å². The van der Waals surface area contributed by atoms with Crippen molar-refractivity contribution in [2.24, 2.45) is 0 Å². The molecule has 3 heterocycles. The van der Waals surface area contributed by atoms with Gasteiger partial charge in [-0.05, 0) is 35.9 Å². The molecule has 0 aliphatic heterocycles. The maximum absolute atomic E-state index is 5.90. The van der Waals surface area contributed by atoms with Crippen LogP contribution in [0.2, 0.25) is 0 Å². The van der Waals surface area contributed by atoms with Gasteiger partial charge in [0.25, 0.3) is 0 Å². The van der Waals surface area contributed by atoms with E-state index < -0.39 is 0 Å². The van der Waals surface area contributed by atoms with Gasteiger partial charge in [0.2, 0.25) is 10.8 Å². The Morgan fingerprint density at radius 2 is 1.83 bits per heavy atom. The SMILES string of the molecule is COc1ccc(C=Cc2nn3c(-c4cc5ccccc5o4)nnc3s2)cc1OC. The Kier molecular flexibility index (Phi) is 4.25. The van der Waals surface area contributed by atoms with Crippen LogP contribution in [0.25, 0.3) is 39.7 Å². The highest BCUT2D eigenvalue weighted by Gasteiger charge is 2.16. The summed E-state index contributed by atoms with van der Waals surface area (Å²) in [5.41, 5.74) is 1.79. The van der Waals surface area contributed by atoms with E-state index >= 15 is 0 Å². The largest absolute Gasteiger partial charge is 0.493 e. The lowest BCUT2D eigenvalue weighted by molar-refractivity contribution is 0.355. The van der Waals surface area contributed by atoms with Crippen molar-refractivity contribution in [1.82, 2.24) is 19.8 Å². The second-order valence-electron chi connectivity index (χ2n) is 6.25. The van der Waals surface area contributed by atoms with Crippen molar-refractivity contribution in [2.45, 2.75) is 0 Å². The van der Waals surface area contributed by atoms with Crippen LogP contribution in [0.3, 0.4) is 0 Å². The molecule has 0 spiro atoms. The van der Waals surface area contributed by atoms with Gasteiger partial charge in [-0.1, -0.05) is 41.7 Å². The molecule has 0 atom stereocenters. The molecule has 0 amide bonds. The summed E-state index contributed by atoms with van der Waals surface area (Å²) < 4.78 is 18.2. The van der Waals surface area contributed by atoms with E-state index in [1.54, 1.807) is 18.7 Å². The Morgan fingerprint density at radius 3 is 2.66 bits per heavy atom. The average Bonchev–Trinajstić information content (AvgIpc) is 3.45. The molecule has 0 N–H and O–H groups in total. The molecule has 0 saturated heterocycles. The van der Waals surface area contributed by atoms with Gasteiger partial charge in [-0.25, -0.2) is 0 Å². The fourth-order valence-electron chi connectivity index (χ4n) is 3.07. The van der Waals surface area contributed by atoms with Crippen LogP contribution in [0.4, 0.5) is 0 Å². The molecular formula is C21H16N4O3S. The molecule has 5 aromatic rings. The van der Waals surface area contributed by atoms with Gasteiger partial charge in [0.1, 0.15) is 10.6 Å². The normalized spacial score (nSPS) is 11.7. The van der Waals surface area contributed by atoms with E-state index in [-0.39, 0.29) is 0 Å². The summed E-state index contributed by atoms with van der Waals surface area (Å²) in [5, 5.41) is 14.9. The van der Waals surface area contributed by atoms with Gasteiger partial charge in [0.15, 0.2) is 17.3 Å². The number of ether oxygens (including phenoxy) is 2. The predicted molar refractivity (Wildman–Crippen MR) is 112 cm³/mol. The lowest BCUT2D eigenvalue weighted by Gasteiger charge is -2.07. The standard InChI is InChI=1S/C21H16N4O3S/c1-26-16-9-7-13(11-17(16)27-2)8-10-19-24-25-20(22-23-21(25)29-19)18-12-14-5-3-4-6-15(14)28-18/h3-12H,1-2H3. The number of furan rings is 1. The molecule has 0 unspecified atom stereocenters. The van der Waals surface area contributed by atoms with Gasteiger partial charge in [0, 0.05) is 5.39 Å². The molecule has 0 fully saturated rings. The molecule has 7 nitrogen and oxygen atoms in total. The highest BCUT2D eigenvalue weighted by atomic mass is 32.1. The van der Waals surface area contributed by atoms with Crippen LogP contribution in [-0.4, -0.2) is 34.0 Å². The molecule has 144 valence electrons. The van der Waals surface area contributed by atoms with Crippen LogP contribution in [0, 0.1) is 0 Å². The van der Waals surface area contributed by atoms with Gasteiger partial charge in [-0.3, -0.25) is 0 Å². The smallest absolute Gasteiger partial charge is 0.235 e. The second-order valence-corrected chi connectivity index (χ2v) is 7.24. The third-order valence-electron chi connectivity index (χ3n) is 4.48. The Hall–Kier alpha value is -3.65. The molecule has 0 aliphatic rings. The average molecular weight is 404 g/mol. The maximum Gasteiger partial charge on any atom is 0.235 e. The monoisotopic (exact) mass is 404 g/mol. The topological polar surface area (TPSA) is 74.7 Å². The Balaban J connectivity index is 1.47. The summed E-state index contributed by atoms with van der Waals surface area (Å²) in [6.07, 6.45) is 3.90.